The monoisotopic (exact) mass is 391 g/mol. The number of nitrogens with one attached hydrogen (secondary N) is 1. The van der Waals surface area contributed by atoms with E-state index >= 15 is 0 Å². The summed E-state index contributed by atoms with van der Waals surface area (Å²) in [6.07, 6.45) is 3.18. The quantitative estimate of drug-likeness (QED) is 0.403. The fourth-order valence-corrected chi connectivity index (χ4v) is 2.67. The predicted molar refractivity (Wildman–Crippen MR) is 107 cm³/mol. The summed E-state index contributed by atoms with van der Waals surface area (Å²) in [7, 11) is 0. The van der Waals surface area contributed by atoms with Gasteiger partial charge in [-0.25, -0.2) is 5.84 Å². The Morgan fingerprint density at radius 2 is 1.82 bits per heavy atom. The van der Waals surface area contributed by atoms with Crippen LogP contribution in [0.2, 0.25) is 5.02 Å². The lowest BCUT2D eigenvalue weighted by molar-refractivity contribution is 0.0946. The highest BCUT2D eigenvalue weighted by atomic mass is 35.5. The molecule has 3 aromatic rings. The van der Waals surface area contributed by atoms with Gasteiger partial charge in [0.15, 0.2) is 5.69 Å². The van der Waals surface area contributed by atoms with Gasteiger partial charge in [0, 0.05) is 10.6 Å². The van der Waals surface area contributed by atoms with Crippen LogP contribution in [-0.4, -0.2) is 15.7 Å². The Bertz CT molecular complexity index is 1150. The molecule has 2 aromatic carbocycles. The number of carbonyl (C=O) groups excluding carboxylic acids is 1. The van der Waals surface area contributed by atoms with E-state index < -0.39 is 11.5 Å². The van der Waals surface area contributed by atoms with Gasteiger partial charge in [-0.2, -0.15) is 15.0 Å². The van der Waals surface area contributed by atoms with Crippen LogP contribution in [0.1, 0.15) is 27.2 Å². The summed E-state index contributed by atoms with van der Waals surface area (Å²) in [4.78, 5) is 25.1. The zero-order chi connectivity index (χ0) is 20.1. The summed E-state index contributed by atoms with van der Waals surface area (Å²) in [5.41, 5.74) is 2.23. The molecule has 0 fully saturated rings. The molecule has 3 N–H and O–H groups in total. The van der Waals surface area contributed by atoms with Crippen molar-refractivity contribution in [3.8, 4) is 11.8 Å². The number of nitrogens with two attached hydrogens (primary N) is 1. The maximum atomic E-state index is 12.8. The summed E-state index contributed by atoms with van der Waals surface area (Å²) < 4.78 is 0.972. The molecule has 0 unspecified atom stereocenters. The average molecular weight is 392 g/mol. The number of hydrazine groups is 1. The maximum Gasteiger partial charge on any atom is 0.290 e. The summed E-state index contributed by atoms with van der Waals surface area (Å²) in [6.45, 7) is 0. The number of rotatable bonds is 4. The van der Waals surface area contributed by atoms with E-state index in [9.17, 15) is 14.9 Å². The number of aromatic nitrogens is 2. The Labute approximate surface area is 165 Å². The molecule has 0 aliphatic carbocycles. The second kappa shape index (κ2) is 8.31. The molecule has 3 rings (SSSR count). The van der Waals surface area contributed by atoms with E-state index in [0.717, 1.165) is 10.2 Å². The van der Waals surface area contributed by atoms with E-state index in [0.29, 0.717) is 10.7 Å². The minimum absolute atomic E-state index is 0.0875. The van der Waals surface area contributed by atoms with E-state index in [1.54, 1.807) is 30.3 Å². The van der Waals surface area contributed by atoms with Crippen LogP contribution in [-0.2, 0) is 0 Å². The summed E-state index contributed by atoms with van der Waals surface area (Å²) in [6, 6.07) is 17.4. The highest BCUT2D eigenvalue weighted by Gasteiger charge is 2.21. The SMILES string of the molecule is N#Cc1c(C=Cc2ccccc2)c(C(=O)NN)nn(-c2ccc(Cl)cc2)c1=O. The van der Waals surface area contributed by atoms with Crippen molar-refractivity contribution in [1.29, 1.82) is 5.26 Å². The molecule has 0 atom stereocenters. The Kier molecular flexibility index (Phi) is 5.65. The molecule has 1 heterocycles. The van der Waals surface area contributed by atoms with Gasteiger partial charge in [-0.3, -0.25) is 15.0 Å². The fraction of sp³-hybridized carbons (Fsp3) is 0. The zero-order valence-corrected chi connectivity index (χ0v) is 15.2. The van der Waals surface area contributed by atoms with E-state index in [4.69, 9.17) is 17.4 Å². The van der Waals surface area contributed by atoms with Crippen molar-refractivity contribution >= 4 is 29.7 Å². The van der Waals surface area contributed by atoms with Crippen molar-refractivity contribution in [2.75, 3.05) is 0 Å². The third kappa shape index (κ3) is 3.83. The molecular formula is C20H14ClN5O2. The Morgan fingerprint density at radius 3 is 2.43 bits per heavy atom. The first-order valence-electron chi connectivity index (χ1n) is 8.12. The molecule has 0 saturated carbocycles. The third-order valence-corrected chi connectivity index (χ3v) is 4.15. The molecule has 0 radical (unpaired) electrons. The van der Waals surface area contributed by atoms with Gasteiger partial charge in [-0.15, -0.1) is 0 Å². The van der Waals surface area contributed by atoms with E-state index in [1.165, 1.54) is 6.08 Å². The van der Waals surface area contributed by atoms with Crippen LogP contribution in [0.3, 0.4) is 0 Å². The maximum absolute atomic E-state index is 12.8. The zero-order valence-electron chi connectivity index (χ0n) is 14.5. The standard InChI is InChI=1S/C20H14ClN5O2/c21-14-7-9-15(10-8-14)26-20(28)17(12-22)16(18(25-26)19(27)24-23)11-6-13-4-2-1-3-5-13/h1-11H,23H2,(H,24,27). The number of hydrogen-bond donors (Lipinski definition) is 2. The van der Waals surface area contributed by atoms with Gasteiger partial charge in [-0.1, -0.05) is 54.1 Å². The van der Waals surface area contributed by atoms with Crippen molar-refractivity contribution in [2.24, 2.45) is 5.84 Å². The first kappa shape index (κ1) is 19.0. The Morgan fingerprint density at radius 1 is 1.14 bits per heavy atom. The summed E-state index contributed by atoms with van der Waals surface area (Å²) in [5, 5.41) is 14.2. The number of halogens is 1. The first-order chi connectivity index (χ1) is 13.5. The van der Waals surface area contributed by atoms with Crippen molar-refractivity contribution in [2.45, 2.75) is 0 Å². The molecule has 28 heavy (non-hydrogen) atoms. The molecule has 0 saturated heterocycles. The molecule has 138 valence electrons. The smallest absolute Gasteiger partial charge is 0.289 e. The number of carbonyl (C=O) groups is 1. The van der Waals surface area contributed by atoms with Crippen LogP contribution in [0, 0.1) is 11.3 Å². The molecule has 7 nitrogen and oxygen atoms in total. The average Bonchev–Trinajstić information content (AvgIpc) is 2.73. The van der Waals surface area contributed by atoms with E-state index in [2.05, 4.69) is 5.10 Å². The second-order valence-electron chi connectivity index (χ2n) is 5.66. The molecule has 1 amide bonds. The minimum atomic E-state index is -0.730. The van der Waals surface area contributed by atoms with E-state index in [-0.39, 0.29) is 16.8 Å². The second-order valence-corrected chi connectivity index (χ2v) is 6.10. The van der Waals surface area contributed by atoms with Gasteiger partial charge in [0.25, 0.3) is 11.5 Å². The lowest BCUT2D eigenvalue weighted by atomic mass is 10.1. The van der Waals surface area contributed by atoms with Crippen molar-refractivity contribution < 1.29 is 4.79 Å². The highest BCUT2D eigenvalue weighted by Crippen LogP contribution is 2.17. The minimum Gasteiger partial charge on any atom is -0.289 e. The van der Waals surface area contributed by atoms with Crippen LogP contribution in [0.5, 0.6) is 0 Å². The van der Waals surface area contributed by atoms with Gasteiger partial charge in [0.1, 0.15) is 11.6 Å². The largest absolute Gasteiger partial charge is 0.290 e. The van der Waals surface area contributed by atoms with Gasteiger partial charge >= 0.3 is 0 Å². The number of hydrogen-bond acceptors (Lipinski definition) is 5. The van der Waals surface area contributed by atoms with E-state index in [1.807, 2.05) is 41.8 Å². The third-order valence-electron chi connectivity index (χ3n) is 3.90. The number of nitriles is 1. The molecule has 0 aliphatic heterocycles. The van der Waals surface area contributed by atoms with Gasteiger partial charge in [-0.05, 0) is 29.8 Å². The number of amides is 1. The lowest BCUT2D eigenvalue weighted by Gasteiger charge is -2.11. The van der Waals surface area contributed by atoms with Crippen LogP contribution >= 0.6 is 11.6 Å². The molecular weight excluding hydrogens is 378 g/mol. The van der Waals surface area contributed by atoms with Gasteiger partial charge in [0.2, 0.25) is 0 Å². The Hall–Kier alpha value is -3.73. The topological polar surface area (TPSA) is 114 Å². The Balaban J connectivity index is 2.24. The van der Waals surface area contributed by atoms with Crippen LogP contribution in [0.25, 0.3) is 17.8 Å². The predicted octanol–water partition coefficient (Wildman–Crippen LogP) is 2.53. The summed E-state index contributed by atoms with van der Waals surface area (Å²) in [5.74, 6) is 4.54. The van der Waals surface area contributed by atoms with Crippen molar-refractivity contribution in [3.63, 3.8) is 0 Å². The molecule has 0 spiro atoms. The fourth-order valence-electron chi connectivity index (χ4n) is 2.55. The number of nitrogens with zero attached hydrogens (tertiary/aromatic N) is 3. The van der Waals surface area contributed by atoms with Gasteiger partial charge < -0.3 is 0 Å². The first-order valence-corrected chi connectivity index (χ1v) is 8.50. The van der Waals surface area contributed by atoms with Gasteiger partial charge in [0.05, 0.1) is 5.69 Å². The highest BCUT2D eigenvalue weighted by molar-refractivity contribution is 6.30. The molecule has 1 aromatic heterocycles. The lowest BCUT2D eigenvalue weighted by Crippen LogP contribution is -2.35. The summed E-state index contributed by atoms with van der Waals surface area (Å²) >= 11 is 5.88. The molecule has 0 aliphatic rings. The van der Waals surface area contributed by atoms with Crippen molar-refractivity contribution in [1.82, 2.24) is 15.2 Å². The molecule has 0 bridgehead atoms. The number of benzene rings is 2. The van der Waals surface area contributed by atoms with Crippen LogP contribution in [0.15, 0.2) is 59.4 Å². The van der Waals surface area contributed by atoms with Crippen LogP contribution in [0.4, 0.5) is 0 Å². The van der Waals surface area contributed by atoms with Crippen molar-refractivity contribution in [3.05, 3.63) is 92.4 Å². The normalized spacial score (nSPS) is 10.6. The molecule has 8 heteroatoms. The van der Waals surface area contributed by atoms with Crippen LogP contribution < -0.4 is 16.8 Å². The number of nitrogen functional groups attached to an aromatic ring is 1.